The lowest BCUT2D eigenvalue weighted by Gasteiger charge is -2.33. The Kier molecular flexibility index (Phi) is 5.79. The molecule has 1 aromatic rings. The highest BCUT2D eigenvalue weighted by molar-refractivity contribution is 5.63. The van der Waals surface area contributed by atoms with E-state index in [4.69, 9.17) is 14.6 Å². The molecule has 0 aliphatic carbocycles. The maximum Gasteiger partial charge on any atom is 0.511 e. The van der Waals surface area contributed by atoms with Gasteiger partial charge in [0.15, 0.2) is 17.3 Å². The fraction of sp³-hybridized carbons (Fsp3) is 0.500. The molecule has 0 saturated heterocycles. The van der Waals surface area contributed by atoms with Crippen molar-refractivity contribution in [1.82, 2.24) is 0 Å². The van der Waals surface area contributed by atoms with E-state index in [1.54, 1.807) is 12.1 Å². The molecule has 0 radical (unpaired) electrons. The van der Waals surface area contributed by atoms with Crippen LogP contribution in [0.2, 0.25) is 0 Å². The Hall–Kier alpha value is -1.79. The van der Waals surface area contributed by atoms with Crippen molar-refractivity contribution in [2.75, 3.05) is 13.2 Å². The van der Waals surface area contributed by atoms with Gasteiger partial charge in [-0.25, -0.2) is 4.79 Å². The summed E-state index contributed by atoms with van der Waals surface area (Å²) in [5, 5.41) is 18.9. The summed E-state index contributed by atoms with van der Waals surface area (Å²) in [5.41, 5.74) is 0.349. The second-order valence-electron chi connectivity index (χ2n) is 3.99. The predicted octanol–water partition coefficient (Wildman–Crippen LogP) is 3.08. The first-order chi connectivity index (χ1) is 9.50. The van der Waals surface area contributed by atoms with E-state index in [9.17, 15) is 9.90 Å². The van der Waals surface area contributed by atoms with Crippen LogP contribution in [0.25, 0.3) is 0 Å². The normalized spacial score (nSPS) is 11.3. The van der Waals surface area contributed by atoms with Gasteiger partial charge in [-0.15, -0.1) is 0 Å². The third kappa shape index (κ3) is 3.40. The smallest absolute Gasteiger partial charge is 0.504 e. The predicted molar refractivity (Wildman–Crippen MR) is 72.0 cm³/mol. The summed E-state index contributed by atoms with van der Waals surface area (Å²) in [6, 6.07) is 4.57. The Morgan fingerprint density at radius 1 is 1.20 bits per heavy atom. The van der Waals surface area contributed by atoms with Crippen LogP contribution in [-0.2, 0) is 15.3 Å². The fourth-order valence-electron chi connectivity index (χ4n) is 2.06. The van der Waals surface area contributed by atoms with Crippen LogP contribution in [0.3, 0.4) is 0 Å². The summed E-state index contributed by atoms with van der Waals surface area (Å²) >= 11 is 0. The maximum atomic E-state index is 10.6. The zero-order valence-electron chi connectivity index (χ0n) is 11.9. The van der Waals surface area contributed by atoms with Crippen LogP contribution in [0.5, 0.6) is 11.5 Å². The van der Waals surface area contributed by atoms with Crippen LogP contribution < -0.4 is 4.74 Å². The van der Waals surface area contributed by atoms with Crippen LogP contribution in [0.15, 0.2) is 18.2 Å². The molecule has 0 fully saturated rings. The lowest BCUT2D eigenvalue weighted by atomic mass is 10.0. The third-order valence-electron chi connectivity index (χ3n) is 2.83. The molecule has 20 heavy (non-hydrogen) atoms. The van der Waals surface area contributed by atoms with Gasteiger partial charge in [0.1, 0.15) is 0 Å². The maximum absolute atomic E-state index is 10.6. The van der Waals surface area contributed by atoms with Crippen LogP contribution in [-0.4, -0.2) is 29.6 Å². The van der Waals surface area contributed by atoms with Crippen molar-refractivity contribution < 1.29 is 29.2 Å². The molecule has 0 aliphatic heterocycles. The van der Waals surface area contributed by atoms with Crippen molar-refractivity contribution in [2.45, 2.75) is 33.0 Å². The number of benzene rings is 1. The molecule has 0 spiro atoms. The molecule has 6 nitrogen and oxygen atoms in total. The number of carbonyl (C=O) groups is 1. The van der Waals surface area contributed by atoms with E-state index < -0.39 is 11.9 Å². The van der Waals surface area contributed by atoms with E-state index in [-0.39, 0.29) is 11.5 Å². The SMILES string of the molecule is CCOC(CC)(OCC)c1cccc(OC(=O)O)c1O. The van der Waals surface area contributed by atoms with E-state index in [0.29, 0.717) is 25.2 Å². The van der Waals surface area contributed by atoms with Crippen LogP contribution in [0, 0.1) is 0 Å². The van der Waals surface area contributed by atoms with Gasteiger partial charge in [-0.05, 0) is 26.0 Å². The number of carboxylic acid groups (broad SMARTS) is 1. The number of aromatic hydroxyl groups is 1. The van der Waals surface area contributed by atoms with E-state index in [2.05, 4.69) is 4.74 Å². The number of hydrogen-bond donors (Lipinski definition) is 2. The zero-order chi connectivity index (χ0) is 15.2. The Balaban J connectivity index is 3.29. The lowest BCUT2D eigenvalue weighted by Crippen LogP contribution is -2.33. The number of ether oxygens (including phenoxy) is 3. The summed E-state index contributed by atoms with van der Waals surface area (Å²) in [5.74, 6) is -1.56. The van der Waals surface area contributed by atoms with Crippen LogP contribution in [0.1, 0.15) is 32.8 Å². The largest absolute Gasteiger partial charge is 0.511 e. The van der Waals surface area contributed by atoms with Crippen molar-refractivity contribution in [3.05, 3.63) is 23.8 Å². The average molecular weight is 284 g/mol. The molecular formula is C14H20O6. The van der Waals surface area contributed by atoms with Gasteiger partial charge >= 0.3 is 6.16 Å². The Bertz CT molecular complexity index is 451. The molecule has 0 heterocycles. The molecule has 2 N–H and O–H groups in total. The third-order valence-corrected chi connectivity index (χ3v) is 2.83. The summed E-state index contributed by atoms with van der Waals surface area (Å²) in [7, 11) is 0. The van der Waals surface area contributed by atoms with Gasteiger partial charge in [-0.2, -0.15) is 0 Å². The highest BCUT2D eigenvalue weighted by Crippen LogP contribution is 2.41. The second kappa shape index (κ2) is 7.12. The number of rotatable bonds is 7. The monoisotopic (exact) mass is 284 g/mol. The molecule has 0 unspecified atom stereocenters. The zero-order valence-corrected chi connectivity index (χ0v) is 11.9. The number of phenols is 1. The van der Waals surface area contributed by atoms with Crippen molar-refractivity contribution in [3.63, 3.8) is 0 Å². The number of hydrogen-bond acceptors (Lipinski definition) is 5. The molecule has 6 heteroatoms. The van der Waals surface area contributed by atoms with Crippen LogP contribution in [0.4, 0.5) is 4.79 Å². The Morgan fingerprint density at radius 2 is 1.80 bits per heavy atom. The first-order valence-electron chi connectivity index (χ1n) is 6.51. The molecule has 0 atom stereocenters. The molecular weight excluding hydrogens is 264 g/mol. The van der Waals surface area contributed by atoms with Gasteiger partial charge in [-0.3, -0.25) is 0 Å². The van der Waals surface area contributed by atoms with Gasteiger partial charge < -0.3 is 24.4 Å². The summed E-state index contributed by atoms with van der Waals surface area (Å²) < 4.78 is 15.9. The van der Waals surface area contributed by atoms with Gasteiger partial charge in [0.2, 0.25) is 0 Å². The topological polar surface area (TPSA) is 85.2 Å². The molecule has 0 amide bonds. The Labute approximate surface area is 117 Å². The fourth-order valence-corrected chi connectivity index (χ4v) is 2.06. The van der Waals surface area contributed by atoms with Crippen molar-refractivity contribution in [1.29, 1.82) is 0 Å². The number of phenolic OH excluding ortho intramolecular Hbond substituents is 1. The standard InChI is InChI=1S/C14H20O6/c1-4-14(18-5-2,19-6-3)10-8-7-9-11(12(10)15)20-13(16)17/h7-9,15H,4-6H2,1-3H3,(H,16,17). The minimum Gasteiger partial charge on any atom is -0.504 e. The molecule has 0 aliphatic rings. The molecule has 0 aromatic heterocycles. The first-order valence-corrected chi connectivity index (χ1v) is 6.51. The molecule has 1 rings (SSSR count). The van der Waals surface area contributed by atoms with Gasteiger partial charge in [-0.1, -0.05) is 13.0 Å². The van der Waals surface area contributed by atoms with Crippen molar-refractivity contribution in [3.8, 4) is 11.5 Å². The molecule has 0 saturated carbocycles. The minimum atomic E-state index is -1.49. The highest BCUT2D eigenvalue weighted by atomic mass is 16.7. The lowest BCUT2D eigenvalue weighted by molar-refractivity contribution is -0.245. The summed E-state index contributed by atoms with van der Waals surface area (Å²) in [4.78, 5) is 10.6. The molecule has 0 bridgehead atoms. The quantitative estimate of drug-likeness (QED) is 0.454. The molecule has 112 valence electrons. The summed E-state index contributed by atoms with van der Waals surface area (Å²) in [6.45, 7) is 6.26. The minimum absolute atomic E-state index is 0.146. The van der Waals surface area contributed by atoms with Gasteiger partial charge in [0.05, 0.1) is 5.56 Å². The van der Waals surface area contributed by atoms with E-state index in [1.165, 1.54) is 6.07 Å². The van der Waals surface area contributed by atoms with Crippen molar-refractivity contribution in [2.24, 2.45) is 0 Å². The van der Waals surface area contributed by atoms with E-state index >= 15 is 0 Å². The van der Waals surface area contributed by atoms with E-state index in [0.717, 1.165) is 0 Å². The molecule has 1 aromatic carbocycles. The second-order valence-corrected chi connectivity index (χ2v) is 3.99. The number of para-hydroxylation sites is 1. The Morgan fingerprint density at radius 3 is 2.25 bits per heavy atom. The van der Waals surface area contributed by atoms with Crippen LogP contribution >= 0.6 is 0 Å². The summed E-state index contributed by atoms with van der Waals surface area (Å²) in [6.07, 6.45) is -1.04. The van der Waals surface area contributed by atoms with Crippen molar-refractivity contribution >= 4 is 6.16 Å². The van der Waals surface area contributed by atoms with Gasteiger partial charge in [0.25, 0.3) is 0 Å². The van der Waals surface area contributed by atoms with E-state index in [1.807, 2.05) is 20.8 Å². The first kappa shape index (κ1) is 16.3. The average Bonchev–Trinajstić information content (AvgIpc) is 2.40. The van der Waals surface area contributed by atoms with Gasteiger partial charge in [0, 0.05) is 19.6 Å². The highest BCUT2D eigenvalue weighted by Gasteiger charge is 2.35.